The van der Waals surface area contributed by atoms with Crippen LogP contribution < -0.4 is 10.6 Å². The van der Waals surface area contributed by atoms with Crippen molar-refractivity contribution in [3.8, 4) is 5.75 Å². The molecule has 0 saturated carbocycles. The Balaban J connectivity index is 1.73. The first-order valence-electron chi connectivity index (χ1n) is 11.2. The molecule has 0 aromatic heterocycles. The van der Waals surface area contributed by atoms with Crippen LogP contribution in [0.5, 0.6) is 5.75 Å². The van der Waals surface area contributed by atoms with Gasteiger partial charge in [0, 0.05) is 51.0 Å². The largest absolute Gasteiger partial charge is 0.508 e. The summed E-state index contributed by atoms with van der Waals surface area (Å²) in [5, 5.41) is 9.59. The number of carbonyl (C=O) groups excluding carboxylic acids is 2. The molecule has 2 aromatic carbocycles. The molecule has 178 valence electrons. The lowest BCUT2D eigenvalue weighted by Gasteiger charge is -2.39. The number of anilines is 2. The van der Waals surface area contributed by atoms with Crippen molar-refractivity contribution in [3.05, 3.63) is 54.1 Å². The van der Waals surface area contributed by atoms with Crippen LogP contribution in [0, 0.1) is 0 Å². The Labute approximate surface area is 195 Å². The molecule has 1 saturated heterocycles. The number of rotatable bonds is 5. The first-order valence-corrected chi connectivity index (χ1v) is 11.2. The van der Waals surface area contributed by atoms with E-state index in [-0.39, 0.29) is 11.7 Å². The van der Waals surface area contributed by atoms with Gasteiger partial charge in [0.05, 0.1) is 0 Å². The maximum atomic E-state index is 13.6. The van der Waals surface area contributed by atoms with Crippen LogP contribution in [0.2, 0.25) is 0 Å². The van der Waals surface area contributed by atoms with Crippen LogP contribution in [0.1, 0.15) is 26.3 Å². The van der Waals surface area contributed by atoms with Crippen molar-refractivity contribution < 1.29 is 19.4 Å². The molecule has 2 aromatic rings. The van der Waals surface area contributed by atoms with Crippen molar-refractivity contribution in [3.63, 3.8) is 0 Å². The van der Waals surface area contributed by atoms with Crippen molar-refractivity contribution in [2.45, 2.75) is 38.8 Å². The van der Waals surface area contributed by atoms with Crippen LogP contribution in [0.25, 0.3) is 0 Å². The van der Waals surface area contributed by atoms with Crippen molar-refractivity contribution in [2.24, 2.45) is 0 Å². The van der Waals surface area contributed by atoms with Crippen molar-refractivity contribution in [1.29, 1.82) is 0 Å². The zero-order valence-electron chi connectivity index (χ0n) is 19.8. The van der Waals surface area contributed by atoms with Crippen molar-refractivity contribution in [2.75, 3.05) is 43.9 Å². The molecule has 1 aliphatic heterocycles. The van der Waals surface area contributed by atoms with E-state index < -0.39 is 17.7 Å². The van der Waals surface area contributed by atoms with E-state index in [1.54, 1.807) is 57.0 Å². The average Bonchev–Trinajstić information content (AvgIpc) is 2.77. The van der Waals surface area contributed by atoms with Gasteiger partial charge in [0.2, 0.25) is 5.91 Å². The molecule has 0 aliphatic carbocycles. The minimum Gasteiger partial charge on any atom is -0.508 e. The third kappa shape index (κ3) is 6.54. The molecule has 8 nitrogen and oxygen atoms in total. The third-order valence-corrected chi connectivity index (χ3v) is 5.65. The number of nitrogens with zero attached hydrogens (tertiary/aromatic N) is 3. The molecule has 1 fully saturated rings. The third-order valence-electron chi connectivity index (χ3n) is 5.65. The predicted octanol–water partition coefficient (Wildman–Crippen LogP) is 3.10. The van der Waals surface area contributed by atoms with Crippen LogP contribution in [0.3, 0.4) is 0 Å². The van der Waals surface area contributed by atoms with Gasteiger partial charge in [-0.1, -0.05) is 12.1 Å². The standard InChI is InChI=1S/C25H34N4O4/c1-25(2,3)33-24(32)27(4)22(17-18-5-11-21(30)12-6-18)23(31)29-15-13-28(14-16-29)20-9-7-19(26)8-10-20/h5-12,22,30H,13-17,26H2,1-4H3. The SMILES string of the molecule is CN(C(=O)OC(C)(C)C)C(Cc1ccc(O)cc1)C(=O)N1CCN(c2ccc(N)cc2)CC1. The lowest BCUT2D eigenvalue weighted by molar-refractivity contribution is -0.136. The Morgan fingerprint density at radius 3 is 2.15 bits per heavy atom. The molecule has 33 heavy (non-hydrogen) atoms. The van der Waals surface area contributed by atoms with Crippen molar-refractivity contribution in [1.82, 2.24) is 9.80 Å². The Kier molecular flexibility index (Phi) is 7.36. The summed E-state index contributed by atoms with van der Waals surface area (Å²) in [5.74, 6) is 0.0364. The molecule has 3 rings (SSSR count). The predicted molar refractivity (Wildman–Crippen MR) is 129 cm³/mol. The number of likely N-dealkylation sites (N-methyl/N-ethyl adjacent to an activating group) is 1. The quantitative estimate of drug-likeness (QED) is 0.674. The summed E-state index contributed by atoms with van der Waals surface area (Å²) in [5.41, 5.74) is 7.76. The monoisotopic (exact) mass is 454 g/mol. The normalized spacial score (nSPS) is 15.2. The van der Waals surface area contributed by atoms with Gasteiger partial charge in [0.25, 0.3) is 0 Å². The molecule has 1 heterocycles. The fourth-order valence-electron chi connectivity index (χ4n) is 3.79. The minimum atomic E-state index is -0.715. The van der Waals surface area contributed by atoms with E-state index in [9.17, 15) is 14.7 Å². The fraction of sp³-hybridized carbons (Fsp3) is 0.440. The van der Waals surface area contributed by atoms with Crippen LogP contribution >= 0.6 is 0 Å². The number of piperazine rings is 1. The molecule has 2 amide bonds. The fourth-order valence-corrected chi connectivity index (χ4v) is 3.79. The highest BCUT2D eigenvalue weighted by Crippen LogP contribution is 2.21. The number of phenols is 1. The first-order chi connectivity index (χ1) is 15.5. The summed E-state index contributed by atoms with van der Waals surface area (Å²) in [6.45, 7) is 7.88. The van der Waals surface area contributed by atoms with Crippen LogP contribution in [0.15, 0.2) is 48.5 Å². The van der Waals surface area contributed by atoms with E-state index in [2.05, 4.69) is 4.90 Å². The van der Waals surface area contributed by atoms with E-state index in [0.29, 0.717) is 32.6 Å². The number of hydrogen-bond donors (Lipinski definition) is 2. The van der Waals surface area contributed by atoms with E-state index >= 15 is 0 Å². The van der Waals surface area contributed by atoms with Gasteiger partial charge in [-0.05, 0) is 62.7 Å². The van der Waals surface area contributed by atoms with Gasteiger partial charge >= 0.3 is 6.09 Å². The molecule has 1 aliphatic rings. The van der Waals surface area contributed by atoms with Gasteiger partial charge in [-0.25, -0.2) is 4.79 Å². The zero-order chi connectivity index (χ0) is 24.2. The lowest BCUT2D eigenvalue weighted by Crippen LogP contribution is -2.56. The summed E-state index contributed by atoms with van der Waals surface area (Å²) in [6, 6.07) is 13.7. The second-order valence-electron chi connectivity index (χ2n) is 9.38. The molecule has 0 radical (unpaired) electrons. The number of amides is 2. The second kappa shape index (κ2) is 10.0. The van der Waals surface area contributed by atoms with Crippen molar-refractivity contribution >= 4 is 23.4 Å². The van der Waals surface area contributed by atoms with Gasteiger partial charge in [-0.3, -0.25) is 9.69 Å². The number of phenolic OH excluding ortho intramolecular Hbond substituents is 1. The smallest absolute Gasteiger partial charge is 0.410 e. The highest BCUT2D eigenvalue weighted by molar-refractivity contribution is 5.86. The van der Waals surface area contributed by atoms with Crippen LogP contribution in [0.4, 0.5) is 16.2 Å². The topological polar surface area (TPSA) is 99.3 Å². The number of aromatic hydroxyl groups is 1. The number of carbonyl (C=O) groups is 2. The van der Waals surface area contributed by atoms with Gasteiger partial charge in [-0.2, -0.15) is 0 Å². The summed E-state index contributed by atoms with van der Waals surface area (Å²) < 4.78 is 5.52. The van der Waals surface area contributed by atoms with E-state index in [4.69, 9.17) is 10.5 Å². The molecule has 0 spiro atoms. The lowest BCUT2D eigenvalue weighted by atomic mass is 10.0. The van der Waals surface area contributed by atoms with Crippen LogP contribution in [-0.4, -0.2) is 71.8 Å². The maximum Gasteiger partial charge on any atom is 0.410 e. The van der Waals surface area contributed by atoms with Gasteiger partial charge < -0.3 is 25.4 Å². The molecule has 8 heteroatoms. The van der Waals surface area contributed by atoms with Gasteiger partial charge in [0.1, 0.15) is 17.4 Å². The van der Waals surface area contributed by atoms with Crippen LogP contribution in [-0.2, 0) is 16.0 Å². The summed E-state index contributed by atoms with van der Waals surface area (Å²) in [7, 11) is 1.60. The zero-order valence-corrected chi connectivity index (χ0v) is 19.8. The molecule has 3 N–H and O–H groups in total. The summed E-state index contributed by atoms with van der Waals surface area (Å²) in [4.78, 5) is 31.7. The van der Waals surface area contributed by atoms with Gasteiger partial charge in [0.15, 0.2) is 0 Å². The molecule has 1 atom stereocenters. The van der Waals surface area contributed by atoms with Gasteiger partial charge in [-0.15, -0.1) is 0 Å². The Hall–Kier alpha value is -3.42. The number of ether oxygens (including phenoxy) is 1. The molecular formula is C25H34N4O4. The Morgan fingerprint density at radius 2 is 1.61 bits per heavy atom. The number of benzene rings is 2. The first kappa shape index (κ1) is 24.2. The van der Waals surface area contributed by atoms with E-state index in [1.165, 1.54) is 4.90 Å². The minimum absolute atomic E-state index is 0.117. The number of nitrogen functional groups attached to an aromatic ring is 1. The molecular weight excluding hydrogens is 420 g/mol. The van der Waals surface area contributed by atoms with E-state index in [0.717, 1.165) is 16.9 Å². The molecule has 0 bridgehead atoms. The maximum absolute atomic E-state index is 13.6. The second-order valence-corrected chi connectivity index (χ2v) is 9.38. The Morgan fingerprint density at radius 1 is 1.03 bits per heavy atom. The average molecular weight is 455 g/mol. The highest BCUT2D eigenvalue weighted by atomic mass is 16.6. The number of nitrogens with two attached hydrogens (primary N) is 1. The summed E-state index contributed by atoms with van der Waals surface area (Å²) >= 11 is 0. The highest BCUT2D eigenvalue weighted by Gasteiger charge is 2.34. The van der Waals surface area contributed by atoms with E-state index in [1.807, 2.05) is 24.3 Å². The summed E-state index contributed by atoms with van der Waals surface area (Å²) in [6.07, 6.45) is -0.215. The Bertz CT molecular complexity index is 946. The molecule has 1 unspecified atom stereocenters. The number of hydrogen-bond acceptors (Lipinski definition) is 6.